The van der Waals surface area contributed by atoms with E-state index in [2.05, 4.69) is 10.4 Å². The summed E-state index contributed by atoms with van der Waals surface area (Å²) in [5.74, 6) is -2.44. The van der Waals surface area contributed by atoms with Gasteiger partial charge in [-0.15, -0.1) is 0 Å². The molecule has 0 atom stereocenters. The van der Waals surface area contributed by atoms with Crippen molar-refractivity contribution in [2.24, 2.45) is 0 Å². The minimum absolute atomic E-state index is 0.123. The number of rotatable bonds is 8. The Labute approximate surface area is 146 Å². The lowest BCUT2D eigenvalue weighted by Gasteiger charge is -2.09. The molecule has 0 saturated heterocycles. The number of nitrogens with one attached hydrogen (secondary N) is 1. The second-order valence-corrected chi connectivity index (χ2v) is 6.23. The van der Waals surface area contributed by atoms with Crippen LogP contribution in [-0.2, 0) is 11.3 Å². The molecule has 0 radical (unpaired) electrons. The average molecular weight is 347 g/mol. The van der Waals surface area contributed by atoms with Crippen molar-refractivity contribution >= 4 is 17.8 Å². The van der Waals surface area contributed by atoms with E-state index < -0.39 is 5.92 Å². The maximum Gasteiger partial charge on any atom is 0.249 e. The number of nitrogens with zero attached hydrogens (tertiary/aromatic N) is 2. The number of carbonyl (C=O) groups is 1. The normalized spacial score (nSPS) is 11.8. The number of hydrogen-bond acceptors (Lipinski definition) is 2. The van der Waals surface area contributed by atoms with Gasteiger partial charge in [0.1, 0.15) is 0 Å². The van der Waals surface area contributed by atoms with Gasteiger partial charge in [0.25, 0.3) is 0 Å². The fraction of sp³-hybridized carbons (Fsp3) is 0.368. The first-order valence-corrected chi connectivity index (χ1v) is 8.29. The summed E-state index contributed by atoms with van der Waals surface area (Å²) < 4.78 is 27.1. The molecule has 0 aliphatic heterocycles. The first-order chi connectivity index (χ1) is 11.8. The van der Waals surface area contributed by atoms with Gasteiger partial charge in [-0.1, -0.05) is 29.8 Å². The Bertz CT molecular complexity index is 732. The first-order valence-electron chi connectivity index (χ1n) is 8.29. The highest BCUT2D eigenvalue weighted by molar-refractivity contribution is 6.01. The van der Waals surface area contributed by atoms with Gasteiger partial charge in [0.2, 0.25) is 11.8 Å². The van der Waals surface area contributed by atoms with Crippen LogP contribution in [0.15, 0.2) is 42.6 Å². The average Bonchev–Trinajstić information content (AvgIpc) is 2.96. The second-order valence-electron chi connectivity index (χ2n) is 6.23. The quantitative estimate of drug-likeness (QED) is 0.557. The van der Waals surface area contributed by atoms with Crippen LogP contribution in [0.3, 0.4) is 0 Å². The van der Waals surface area contributed by atoms with Crippen LogP contribution in [0.5, 0.6) is 0 Å². The molecule has 2 aromatic rings. The number of aromatic nitrogens is 2. The Morgan fingerprint density at radius 2 is 2.12 bits per heavy atom. The van der Waals surface area contributed by atoms with Crippen LogP contribution in [0.25, 0.3) is 6.08 Å². The van der Waals surface area contributed by atoms with Gasteiger partial charge in [-0.25, -0.2) is 8.78 Å². The summed E-state index contributed by atoms with van der Waals surface area (Å²) in [6.07, 6.45) is 5.85. The molecule has 25 heavy (non-hydrogen) atoms. The standard InChI is InChI=1S/C19H23F2N3O/c1-15-6-5-7-16(14-15)8-9-18(25)22-17-10-13-24(23-17)12-4-3-11-19(2,20)21/h5-10,13-14H,3-4,11-12H2,1-2H3,(H,22,23,25). The first kappa shape index (κ1) is 18.8. The molecule has 4 nitrogen and oxygen atoms in total. The van der Waals surface area contributed by atoms with E-state index in [1.54, 1.807) is 23.0 Å². The van der Waals surface area contributed by atoms with Gasteiger partial charge in [0.15, 0.2) is 5.82 Å². The highest BCUT2D eigenvalue weighted by Crippen LogP contribution is 2.19. The molecule has 0 aliphatic carbocycles. The zero-order valence-electron chi connectivity index (χ0n) is 14.5. The molecule has 134 valence electrons. The Kier molecular flexibility index (Phi) is 6.44. The number of anilines is 1. The van der Waals surface area contributed by atoms with Gasteiger partial charge >= 0.3 is 0 Å². The van der Waals surface area contributed by atoms with Crippen molar-refractivity contribution in [1.29, 1.82) is 0 Å². The van der Waals surface area contributed by atoms with Crippen molar-refractivity contribution in [1.82, 2.24) is 9.78 Å². The molecule has 6 heteroatoms. The summed E-state index contributed by atoms with van der Waals surface area (Å²) in [6, 6.07) is 9.52. The molecule has 1 N–H and O–H groups in total. The predicted octanol–water partition coefficient (Wildman–Crippen LogP) is 4.67. The number of benzene rings is 1. The van der Waals surface area contributed by atoms with Crippen LogP contribution >= 0.6 is 0 Å². The van der Waals surface area contributed by atoms with E-state index in [9.17, 15) is 13.6 Å². The smallest absolute Gasteiger partial charge is 0.249 e. The lowest BCUT2D eigenvalue weighted by atomic mass is 10.1. The van der Waals surface area contributed by atoms with Crippen molar-refractivity contribution in [2.45, 2.75) is 45.6 Å². The summed E-state index contributed by atoms with van der Waals surface area (Å²) in [5.41, 5.74) is 2.08. The van der Waals surface area contributed by atoms with Crippen LogP contribution in [0.2, 0.25) is 0 Å². The SMILES string of the molecule is Cc1cccc(C=CC(=O)Nc2ccn(CCCCC(C)(F)F)n2)c1. The zero-order chi connectivity index (χ0) is 18.3. The second kappa shape index (κ2) is 8.55. The van der Waals surface area contributed by atoms with Crippen molar-refractivity contribution in [2.75, 3.05) is 5.32 Å². The van der Waals surface area contributed by atoms with E-state index in [-0.39, 0.29) is 12.3 Å². The number of amides is 1. The summed E-state index contributed by atoms with van der Waals surface area (Å²) in [6.45, 7) is 3.47. The number of halogens is 2. The van der Waals surface area contributed by atoms with E-state index in [4.69, 9.17) is 0 Å². The largest absolute Gasteiger partial charge is 0.306 e. The molecule has 0 aliphatic rings. The molecule has 1 amide bonds. The Morgan fingerprint density at radius 1 is 1.32 bits per heavy atom. The van der Waals surface area contributed by atoms with Gasteiger partial charge in [0, 0.05) is 31.3 Å². The number of aryl methyl sites for hydroxylation is 2. The molecule has 1 aromatic heterocycles. The highest BCUT2D eigenvalue weighted by atomic mass is 19.3. The molecule has 1 heterocycles. The number of hydrogen-bond donors (Lipinski definition) is 1. The van der Waals surface area contributed by atoms with Crippen molar-refractivity contribution in [3.63, 3.8) is 0 Å². The fourth-order valence-corrected chi connectivity index (χ4v) is 2.38. The van der Waals surface area contributed by atoms with Crippen molar-refractivity contribution < 1.29 is 13.6 Å². The summed E-state index contributed by atoms with van der Waals surface area (Å²) in [4.78, 5) is 11.9. The third-order valence-electron chi connectivity index (χ3n) is 3.61. The molecule has 0 spiro atoms. The van der Waals surface area contributed by atoms with Gasteiger partial charge in [-0.3, -0.25) is 9.48 Å². The lowest BCUT2D eigenvalue weighted by molar-refractivity contribution is -0.111. The van der Waals surface area contributed by atoms with Crippen LogP contribution in [0, 0.1) is 6.92 Å². The Morgan fingerprint density at radius 3 is 2.84 bits per heavy atom. The summed E-state index contributed by atoms with van der Waals surface area (Å²) in [7, 11) is 0. The topological polar surface area (TPSA) is 46.9 Å². The van der Waals surface area contributed by atoms with E-state index in [0.717, 1.165) is 18.1 Å². The zero-order valence-corrected chi connectivity index (χ0v) is 14.5. The Hall–Kier alpha value is -2.50. The minimum atomic E-state index is -2.62. The molecular weight excluding hydrogens is 324 g/mol. The lowest BCUT2D eigenvalue weighted by Crippen LogP contribution is -2.10. The van der Waals surface area contributed by atoms with Gasteiger partial charge in [-0.2, -0.15) is 5.10 Å². The monoisotopic (exact) mass is 347 g/mol. The molecular formula is C19H23F2N3O. The maximum atomic E-state index is 12.7. The van der Waals surface area contributed by atoms with Crippen LogP contribution in [0.4, 0.5) is 14.6 Å². The molecule has 0 fully saturated rings. The van der Waals surface area contributed by atoms with E-state index in [1.165, 1.54) is 6.08 Å². The molecule has 1 aromatic carbocycles. The van der Waals surface area contributed by atoms with Crippen molar-refractivity contribution in [3.05, 3.63) is 53.7 Å². The predicted molar refractivity (Wildman–Crippen MR) is 95.5 cm³/mol. The van der Waals surface area contributed by atoms with Gasteiger partial charge in [-0.05, 0) is 38.3 Å². The number of unbranched alkanes of at least 4 members (excludes halogenated alkanes) is 1. The van der Waals surface area contributed by atoms with Crippen LogP contribution < -0.4 is 5.32 Å². The van der Waals surface area contributed by atoms with Gasteiger partial charge < -0.3 is 5.32 Å². The van der Waals surface area contributed by atoms with Crippen LogP contribution in [-0.4, -0.2) is 21.6 Å². The van der Waals surface area contributed by atoms with E-state index >= 15 is 0 Å². The third kappa shape index (κ3) is 7.28. The van der Waals surface area contributed by atoms with Crippen molar-refractivity contribution in [3.8, 4) is 0 Å². The maximum absolute atomic E-state index is 12.7. The fourth-order valence-electron chi connectivity index (χ4n) is 2.38. The van der Waals surface area contributed by atoms with E-state index in [0.29, 0.717) is 25.2 Å². The summed E-state index contributed by atoms with van der Waals surface area (Å²) >= 11 is 0. The molecule has 2 rings (SSSR count). The van der Waals surface area contributed by atoms with E-state index in [1.807, 2.05) is 31.2 Å². The molecule has 0 bridgehead atoms. The van der Waals surface area contributed by atoms with Crippen LogP contribution in [0.1, 0.15) is 37.3 Å². The summed E-state index contributed by atoms with van der Waals surface area (Å²) in [5, 5.41) is 6.90. The minimum Gasteiger partial charge on any atom is -0.306 e. The third-order valence-corrected chi connectivity index (χ3v) is 3.61. The number of carbonyl (C=O) groups excluding carboxylic acids is 1. The number of alkyl halides is 2. The highest BCUT2D eigenvalue weighted by Gasteiger charge is 2.19. The van der Waals surface area contributed by atoms with Gasteiger partial charge in [0.05, 0.1) is 0 Å². The Balaban J connectivity index is 1.79. The molecule has 0 saturated carbocycles. The molecule has 0 unspecified atom stereocenters.